The summed E-state index contributed by atoms with van der Waals surface area (Å²) in [6, 6.07) is 15.0. The summed E-state index contributed by atoms with van der Waals surface area (Å²) in [6.07, 6.45) is 0. The molecule has 0 aliphatic heterocycles. The van der Waals surface area contributed by atoms with Gasteiger partial charge in [0.25, 0.3) is 5.22 Å². The van der Waals surface area contributed by atoms with Gasteiger partial charge in [-0.2, -0.15) is 0 Å². The molecule has 25 heavy (non-hydrogen) atoms. The maximum Gasteiger partial charge on any atom is 0.277 e. The molecule has 128 valence electrons. The molecule has 8 heteroatoms. The van der Waals surface area contributed by atoms with Crippen molar-refractivity contribution in [2.45, 2.75) is 17.4 Å². The summed E-state index contributed by atoms with van der Waals surface area (Å²) in [7, 11) is 0. The number of benzene rings is 2. The zero-order chi connectivity index (χ0) is 17.8. The van der Waals surface area contributed by atoms with Crippen LogP contribution in [0.4, 0.5) is 5.69 Å². The molecule has 0 aliphatic carbocycles. The maximum absolute atomic E-state index is 12.3. The van der Waals surface area contributed by atoms with Gasteiger partial charge in [-0.25, -0.2) is 0 Å². The standard InChI is InChI=1S/C17H13Br2N3O2S/c1-10(15(23)20-12-8-6-11(18)7-9-12)25-17-22-21-16(24-17)13-4-2-3-5-14(13)19/h2-10H,1H3,(H,20,23)/t10-/m1/s1. The van der Waals surface area contributed by atoms with Gasteiger partial charge in [-0.3, -0.25) is 4.79 Å². The zero-order valence-corrected chi connectivity index (χ0v) is 17.1. The first-order valence-corrected chi connectivity index (χ1v) is 9.81. The van der Waals surface area contributed by atoms with E-state index in [-0.39, 0.29) is 11.2 Å². The highest BCUT2D eigenvalue weighted by Crippen LogP contribution is 2.30. The van der Waals surface area contributed by atoms with Crippen molar-refractivity contribution in [3.05, 3.63) is 57.5 Å². The number of nitrogens with one attached hydrogen (secondary N) is 1. The van der Waals surface area contributed by atoms with E-state index in [1.54, 1.807) is 6.92 Å². The number of amides is 1. The fourth-order valence-electron chi connectivity index (χ4n) is 1.98. The summed E-state index contributed by atoms with van der Waals surface area (Å²) in [5, 5.41) is 10.9. The third kappa shape index (κ3) is 4.71. The normalized spacial score (nSPS) is 12.0. The third-order valence-corrected chi connectivity index (χ3v) is 5.42. The van der Waals surface area contributed by atoms with Gasteiger partial charge in [0.05, 0.1) is 10.8 Å². The molecule has 3 aromatic rings. The largest absolute Gasteiger partial charge is 0.411 e. The molecular weight excluding hydrogens is 470 g/mol. The number of carbonyl (C=O) groups excluding carboxylic acids is 1. The summed E-state index contributed by atoms with van der Waals surface area (Å²) >= 11 is 8.04. The fourth-order valence-corrected chi connectivity index (χ4v) is 3.38. The smallest absolute Gasteiger partial charge is 0.277 e. The van der Waals surface area contributed by atoms with Crippen LogP contribution in [0.25, 0.3) is 11.5 Å². The topological polar surface area (TPSA) is 68.0 Å². The molecule has 0 spiro atoms. The molecule has 5 nitrogen and oxygen atoms in total. The second-order valence-electron chi connectivity index (χ2n) is 5.11. The summed E-state index contributed by atoms with van der Waals surface area (Å²) in [4.78, 5) is 12.3. The molecular formula is C17H13Br2N3O2S. The van der Waals surface area contributed by atoms with Gasteiger partial charge in [0, 0.05) is 14.6 Å². The Bertz CT molecular complexity index is 884. The van der Waals surface area contributed by atoms with Crippen molar-refractivity contribution in [3.8, 4) is 11.5 Å². The number of hydrogen-bond donors (Lipinski definition) is 1. The molecule has 0 bridgehead atoms. The summed E-state index contributed by atoms with van der Waals surface area (Å²) < 4.78 is 7.49. The molecule has 0 saturated heterocycles. The lowest BCUT2D eigenvalue weighted by molar-refractivity contribution is -0.115. The van der Waals surface area contributed by atoms with E-state index in [1.807, 2.05) is 48.5 Å². The van der Waals surface area contributed by atoms with Crippen molar-refractivity contribution < 1.29 is 9.21 Å². The van der Waals surface area contributed by atoms with Crippen molar-refractivity contribution >= 4 is 55.2 Å². The van der Waals surface area contributed by atoms with Crippen LogP contribution in [-0.2, 0) is 4.79 Å². The van der Waals surface area contributed by atoms with E-state index < -0.39 is 0 Å². The average molecular weight is 483 g/mol. The number of carbonyl (C=O) groups is 1. The van der Waals surface area contributed by atoms with Crippen LogP contribution < -0.4 is 5.32 Å². The van der Waals surface area contributed by atoms with E-state index in [1.165, 1.54) is 11.8 Å². The van der Waals surface area contributed by atoms with E-state index in [9.17, 15) is 4.79 Å². The van der Waals surface area contributed by atoms with Crippen LogP contribution in [0.1, 0.15) is 6.92 Å². The van der Waals surface area contributed by atoms with Crippen LogP contribution in [0.15, 0.2) is 67.1 Å². The van der Waals surface area contributed by atoms with Gasteiger partial charge in [0.15, 0.2) is 0 Å². The molecule has 0 unspecified atom stereocenters. The Morgan fingerprint density at radius 2 is 1.84 bits per heavy atom. The molecule has 0 aliphatic rings. The second-order valence-corrected chi connectivity index (χ2v) is 8.17. The predicted octanol–water partition coefficient (Wildman–Crippen LogP) is 5.38. The minimum atomic E-state index is -0.379. The molecule has 0 fully saturated rings. The fraction of sp³-hybridized carbons (Fsp3) is 0.118. The van der Waals surface area contributed by atoms with Crippen molar-refractivity contribution in [2.75, 3.05) is 5.32 Å². The summed E-state index contributed by atoms with van der Waals surface area (Å²) in [5.74, 6) is 0.281. The van der Waals surface area contributed by atoms with Gasteiger partial charge < -0.3 is 9.73 Å². The highest BCUT2D eigenvalue weighted by Gasteiger charge is 2.19. The minimum Gasteiger partial charge on any atom is -0.411 e. The van der Waals surface area contributed by atoms with Gasteiger partial charge >= 0.3 is 0 Å². The predicted molar refractivity (Wildman–Crippen MR) is 106 cm³/mol. The molecule has 1 amide bonds. The monoisotopic (exact) mass is 481 g/mol. The van der Waals surface area contributed by atoms with Crippen LogP contribution in [0.2, 0.25) is 0 Å². The number of hydrogen-bond acceptors (Lipinski definition) is 5. The third-order valence-electron chi connectivity index (χ3n) is 3.27. The van der Waals surface area contributed by atoms with E-state index >= 15 is 0 Å². The van der Waals surface area contributed by atoms with Gasteiger partial charge in [0.2, 0.25) is 11.8 Å². The highest BCUT2D eigenvalue weighted by molar-refractivity contribution is 9.10. The van der Waals surface area contributed by atoms with Gasteiger partial charge in [0.1, 0.15) is 0 Å². The average Bonchev–Trinajstić information content (AvgIpc) is 3.05. The van der Waals surface area contributed by atoms with Crippen molar-refractivity contribution in [1.29, 1.82) is 0 Å². The summed E-state index contributed by atoms with van der Waals surface area (Å²) in [5.41, 5.74) is 1.55. The summed E-state index contributed by atoms with van der Waals surface area (Å²) in [6.45, 7) is 1.79. The second kappa shape index (κ2) is 8.16. The molecule has 0 saturated carbocycles. The van der Waals surface area contributed by atoms with Crippen LogP contribution >= 0.6 is 43.6 Å². The van der Waals surface area contributed by atoms with Crippen molar-refractivity contribution in [3.63, 3.8) is 0 Å². The van der Waals surface area contributed by atoms with Crippen molar-refractivity contribution in [1.82, 2.24) is 10.2 Å². The lowest BCUT2D eigenvalue weighted by atomic mass is 10.2. The minimum absolute atomic E-state index is 0.132. The number of halogens is 2. The first-order valence-electron chi connectivity index (χ1n) is 7.34. The van der Waals surface area contributed by atoms with Crippen LogP contribution in [0, 0.1) is 0 Å². The Labute approximate surface area is 165 Å². The van der Waals surface area contributed by atoms with Gasteiger partial charge in [-0.05, 0) is 59.3 Å². The first kappa shape index (κ1) is 18.2. The van der Waals surface area contributed by atoms with E-state index in [0.29, 0.717) is 11.1 Å². The Hall–Kier alpha value is -1.64. The van der Waals surface area contributed by atoms with E-state index in [2.05, 4.69) is 47.4 Å². The SMILES string of the molecule is C[C@@H](Sc1nnc(-c2ccccc2Br)o1)C(=O)Nc1ccc(Br)cc1. The first-order chi connectivity index (χ1) is 12.0. The molecule has 1 N–H and O–H groups in total. The number of aromatic nitrogens is 2. The van der Waals surface area contributed by atoms with Crippen LogP contribution in [0.5, 0.6) is 0 Å². The Balaban J connectivity index is 1.65. The number of rotatable bonds is 5. The van der Waals surface area contributed by atoms with Gasteiger partial charge in [-0.1, -0.05) is 39.8 Å². The molecule has 3 rings (SSSR count). The Kier molecular flexibility index (Phi) is 5.93. The quantitative estimate of drug-likeness (QED) is 0.494. The lowest BCUT2D eigenvalue weighted by Crippen LogP contribution is -2.22. The molecule has 1 aromatic heterocycles. The van der Waals surface area contributed by atoms with Gasteiger partial charge in [-0.15, -0.1) is 10.2 Å². The van der Waals surface area contributed by atoms with Crippen LogP contribution in [-0.4, -0.2) is 21.4 Å². The van der Waals surface area contributed by atoms with E-state index in [4.69, 9.17) is 4.42 Å². The Morgan fingerprint density at radius 1 is 1.12 bits per heavy atom. The number of anilines is 1. The highest BCUT2D eigenvalue weighted by atomic mass is 79.9. The van der Waals surface area contributed by atoms with Crippen molar-refractivity contribution in [2.24, 2.45) is 0 Å². The molecule has 0 radical (unpaired) electrons. The molecule has 1 atom stereocenters. The lowest BCUT2D eigenvalue weighted by Gasteiger charge is -2.09. The maximum atomic E-state index is 12.3. The molecule has 1 heterocycles. The molecule has 2 aromatic carbocycles. The number of thioether (sulfide) groups is 1. The Morgan fingerprint density at radius 3 is 2.56 bits per heavy atom. The zero-order valence-electron chi connectivity index (χ0n) is 13.1. The van der Waals surface area contributed by atoms with E-state index in [0.717, 1.165) is 20.2 Å². The van der Waals surface area contributed by atoms with Crippen LogP contribution in [0.3, 0.4) is 0 Å². The number of nitrogens with zero attached hydrogens (tertiary/aromatic N) is 2.